The number of aromatic nitrogens is 1. The summed E-state index contributed by atoms with van der Waals surface area (Å²) in [5, 5.41) is 0. The molecule has 2 atom stereocenters. The van der Waals surface area contributed by atoms with E-state index in [1.807, 2.05) is 35.2 Å². The average molecular weight is 306 g/mol. The molecule has 0 unspecified atom stereocenters. The lowest BCUT2D eigenvalue weighted by molar-refractivity contribution is 0.0781. The smallest absolute Gasteiger partial charge is 0.270 e. The van der Waals surface area contributed by atoms with Crippen molar-refractivity contribution in [1.82, 2.24) is 9.88 Å². The van der Waals surface area contributed by atoms with Crippen LogP contribution in [-0.4, -0.2) is 35.4 Å². The van der Waals surface area contributed by atoms with Crippen LogP contribution in [0.2, 0.25) is 0 Å². The van der Waals surface area contributed by atoms with Crippen LogP contribution in [0.1, 0.15) is 22.0 Å². The zero-order valence-corrected chi connectivity index (χ0v) is 12.6. The van der Waals surface area contributed by atoms with Gasteiger partial charge in [-0.15, -0.1) is 12.4 Å². The molecule has 5 heteroatoms. The Bertz CT molecular complexity index is 570. The Morgan fingerprint density at radius 2 is 1.95 bits per heavy atom. The van der Waals surface area contributed by atoms with Crippen LogP contribution in [0.4, 0.5) is 0 Å². The summed E-state index contributed by atoms with van der Waals surface area (Å²) in [6.45, 7) is 2.08. The van der Waals surface area contributed by atoms with E-state index in [0.29, 0.717) is 24.1 Å². The molecule has 112 valence electrons. The number of hydrogen-bond acceptors (Lipinski definition) is 2. The summed E-state index contributed by atoms with van der Waals surface area (Å²) in [7, 11) is 0. The SMILES string of the molecule is Cl.NC[C@@H]1CN(C(=O)c2ccc[nH]2)C[C@H]1c1ccccc1. The number of carbonyl (C=O) groups excluding carboxylic acids is 1. The van der Waals surface area contributed by atoms with Gasteiger partial charge in [-0.2, -0.15) is 0 Å². The van der Waals surface area contributed by atoms with Gasteiger partial charge in [0.2, 0.25) is 0 Å². The summed E-state index contributed by atoms with van der Waals surface area (Å²) in [4.78, 5) is 17.3. The van der Waals surface area contributed by atoms with Crippen molar-refractivity contribution in [2.24, 2.45) is 11.7 Å². The molecule has 2 aromatic rings. The number of hydrogen-bond donors (Lipinski definition) is 2. The number of nitrogens with zero attached hydrogens (tertiary/aromatic N) is 1. The molecule has 0 radical (unpaired) electrons. The standard InChI is InChI=1S/C16H19N3O.ClH/c17-9-13-10-19(16(20)15-7-4-8-18-15)11-14(13)12-5-2-1-3-6-12;/h1-8,13-14,18H,9-11,17H2;1H/t13-,14+;/m1./s1. The number of benzene rings is 1. The van der Waals surface area contributed by atoms with E-state index in [2.05, 4.69) is 17.1 Å². The molecule has 1 aliphatic rings. The van der Waals surface area contributed by atoms with Crippen LogP contribution in [0.25, 0.3) is 0 Å². The number of halogens is 1. The highest BCUT2D eigenvalue weighted by atomic mass is 35.5. The van der Waals surface area contributed by atoms with Crippen LogP contribution in [0.3, 0.4) is 0 Å². The molecular weight excluding hydrogens is 286 g/mol. The third-order valence-electron chi connectivity index (χ3n) is 4.09. The summed E-state index contributed by atoms with van der Waals surface area (Å²) in [6.07, 6.45) is 1.78. The Morgan fingerprint density at radius 3 is 2.57 bits per heavy atom. The van der Waals surface area contributed by atoms with Gasteiger partial charge in [0.25, 0.3) is 5.91 Å². The molecule has 0 bridgehead atoms. The van der Waals surface area contributed by atoms with Gasteiger partial charge in [-0.1, -0.05) is 30.3 Å². The highest BCUT2D eigenvalue weighted by Crippen LogP contribution is 2.32. The Morgan fingerprint density at radius 1 is 1.19 bits per heavy atom. The van der Waals surface area contributed by atoms with Crippen LogP contribution in [-0.2, 0) is 0 Å². The number of aromatic amines is 1. The van der Waals surface area contributed by atoms with E-state index in [4.69, 9.17) is 5.73 Å². The van der Waals surface area contributed by atoms with Crippen molar-refractivity contribution in [2.45, 2.75) is 5.92 Å². The Labute approximate surface area is 130 Å². The molecule has 3 N–H and O–H groups in total. The quantitative estimate of drug-likeness (QED) is 0.913. The summed E-state index contributed by atoms with van der Waals surface area (Å²) in [5.74, 6) is 0.725. The average Bonchev–Trinajstić information content (AvgIpc) is 3.17. The molecule has 3 rings (SSSR count). The Hall–Kier alpha value is -1.78. The van der Waals surface area contributed by atoms with Gasteiger partial charge in [0.15, 0.2) is 0 Å². The zero-order chi connectivity index (χ0) is 13.9. The highest BCUT2D eigenvalue weighted by molar-refractivity contribution is 5.92. The molecule has 1 fully saturated rings. The van der Waals surface area contributed by atoms with E-state index in [-0.39, 0.29) is 18.3 Å². The molecule has 21 heavy (non-hydrogen) atoms. The van der Waals surface area contributed by atoms with Gasteiger partial charge in [-0.25, -0.2) is 0 Å². The first-order valence-electron chi connectivity index (χ1n) is 6.97. The predicted octanol–water partition coefficient (Wildman–Crippen LogP) is 2.25. The summed E-state index contributed by atoms with van der Waals surface area (Å²) in [5.41, 5.74) is 7.81. The Balaban J connectivity index is 0.00000161. The largest absolute Gasteiger partial charge is 0.357 e. The second-order valence-corrected chi connectivity index (χ2v) is 5.31. The van der Waals surface area contributed by atoms with Gasteiger partial charge >= 0.3 is 0 Å². The summed E-state index contributed by atoms with van der Waals surface area (Å²) in [6, 6.07) is 14.0. The molecular formula is C16H20ClN3O. The number of rotatable bonds is 3. The maximum Gasteiger partial charge on any atom is 0.270 e. The monoisotopic (exact) mass is 305 g/mol. The van der Waals surface area contributed by atoms with E-state index in [1.54, 1.807) is 6.20 Å². The lowest BCUT2D eigenvalue weighted by Crippen LogP contribution is -2.30. The van der Waals surface area contributed by atoms with Gasteiger partial charge in [0.1, 0.15) is 5.69 Å². The number of nitrogens with one attached hydrogen (secondary N) is 1. The van der Waals surface area contributed by atoms with Gasteiger partial charge < -0.3 is 15.6 Å². The molecule has 2 heterocycles. The molecule has 1 amide bonds. The van der Waals surface area contributed by atoms with Crippen molar-refractivity contribution in [3.05, 3.63) is 59.9 Å². The molecule has 1 saturated heterocycles. The lowest BCUT2D eigenvalue weighted by Gasteiger charge is -2.16. The topological polar surface area (TPSA) is 62.1 Å². The van der Waals surface area contributed by atoms with Crippen molar-refractivity contribution >= 4 is 18.3 Å². The van der Waals surface area contributed by atoms with E-state index >= 15 is 0 Å². The second kappa shape index (κ2) is 6.78. The fraction of sp³-hybridized carbons (Fsp3) is 0.312. The van der Waals surface area contributed by atoms with Gasteiger partial charge in [0.05, 0.1) is 0 Å². The van der Waals surface area contributed by atoms with Crippen LogP contribution in [0.15, 0.2) is 48.7 Å². The maximum absolute atomic E-state index is 12.4. The van der Waals surface area contributed by atoms with Crippen LogP contribution in [0.5, 0.6) is 0 Å². The maximum atomic E-state index is 12.4. The molecule has 0 spiro atoms. The van der Waals surface area contributed by atoms with Gasteiger partial charge in [-0.3, -0.25) is 4.79 Å². The van der Waals surface area contributed by atoms with Gasteiger partial charge in [-0.05, 0) is 30.2 Å². The van der Waals surface area contributed by atoms with E-state index in [1.165, 1.54) is 5.56 Å². The minimum atomic E-state index is 0. The Kier molecular flexibility index (Phi) is 5.04. The van der Waals surface area contributed by atoms with Crippen molar-refractivity contribution in [3.63, 3.8) is 0 Å². The van der Waals surface area contributed by atoms with Gasteiger partial charge in [0, 0.05) is 25.2 Å². The normalized spacial score (nSPS) is 21.1. The van der Waals surface area contributed by atoms with Crippen molar-refractivity contribution < 1.29 is 4.79 Å². The van der Waals surface area contributed by atoms with Crippen LogP contribution < -0.4 is 5.73 Å². The number of amides is 1. The fourth-order valence-electron chi connectivity index (χ4n) is 2.99. The lowest BCUT2D eigenvalue weighted by atomic mass is 9.89. The van der Waals surface area contributed by atoms with Crippen LogP contribution >= 0.6 is 12.4 Å². The molecule has 1 aromatic carbocycles. The minimum absolute atomic E-state index is 0. The summed E-state index contributed by atoms with van der Waals surface area (Å²) < 4.78 is 0. The second-order valence-electron chi connectivity index (χ2n) is 5.31. The molecule has 0 saturated carbocycles. The molecule has 0 aliphatic carbocycles. The van der Waals surface area contributed by atoms with Crippen LogP contribution in [0, 0.1) is 5.92 Å². The molecule has 1 aliphatic heterocycles. The molecule has 1 aromatic heterocycles. The fourth-order valence-corrected chi connectivity index (χ4v) is 2.99. The first-order valence-corrected chi connectivity index (χ1v) is 6.97. The number of nitrogens with two attached hydrogens (primary N) is 1. The van der Waals surface area contributed by atoms with E-state index in [0.717, 1.165) is 13.1 Å². The molecule has 4 nitrogen and oxygen atoms in total. The van der Waals surface area contributed by atoms with E-state index < -0.39 is 0 Å². The third-order valence-corrected chi connectivity index (χ3v) is 4.09. The minimum Gasteiger partial charge on any atom is -0.357 e. The van der Waals surface area contributed by atoms with Crippen molar-refractivity contribution in [1.29, 1.82) is 0 Å². The van der Waals surface area contributed by atoms with E-state index in [9.17, 15) is 4.79 Å². The highest BCUT2D eigenvalue weighted by Gasteiger charge is 2.35. The van der Waals surface area contributed by atoms with Crippen molar-refractivity contribution in [2.75, 3.05) is 19.6 Å². The van der Waals surface area contributed by atoms with Crippen molar-refractivity contribution in [3.8, 4) is 0 Å². The summed E-state index contributed by atoms with van der Waals surface area (Å²) >= 11 is 0. The third kappa shape index (κ3) is 3.12. The number of H-pyrrole nitrogens is 1. The zero-order valence-electron chi connectivity index (χ0n) is 11.7. The first-order chi connectivity index (χ1) is 9.79. The number of likely N-dealkylation sites (tertiary alicyclic amines) is 1. The first kappa shape index (κ1) is 15.6. The predicted molar refractivity (Wildman–Crippen MR) is 85.7 cm³/mol. The number of carbonyl (C=O) groups is 1.